The molecule has 0 bridgehead atoms. The summed E-state index contributed by atoms with van der Waals surface area (Å²) in [4.78, 5) is 2.42. The molecule has 0 saturated heterocycles. The van der Waals surface area contributed by atoms with Gasteiger partial charge in [0.1, 0.15) is 0 Å². The Morgan fingerprint density at radius 2 is 2.33 bits per heavy atom. The van der Waals surface area contributed by atoms with Gasteiger partial charge in [-0.15, -0.1) is 0 Å². The van der Waals surface area contributed by atoms with Crippen LogP contribution in [0.15, 0.2) is 11.1 Å². The second-order valence-corrected chi connectivity index (χ2v) is 4.53. The molecule has 0 spiro atoms. The molecule has 0 atom stereocenters. The Bertz CT molecular complexity index is 155. The lowest BCUT2D eigenvalue weighted by Crippen LogP contribution is -2.31. The third-order valence-corrected chi connectivity index (χ3v) is 2.41. The summed E-state index contributed by atoms with van der Waals surface area (Å²) in [6.45, 7) is 6.83. The van der Waals surface area contributed by atoms with Crippen LogP contribution in [0.1, 0.15) is 12.8 Å². The van der Waals surface area contributed by atoms with Crippen LogP contribution in [0.25, 0.3) is 0 Å². The molecule has 1 aliphatic rings. The van der Waals surface area contributed by atoms with E-state index in [4.69, 9.17) is 0 Å². The summed E-state index contributed by atoms with van der Waals surface area (Å²) in [5.41, 5.74) is 0. The molecule has 1 aliphatic carbocycles. The van der Waals surface area contributed by atoms with Crippen molar-refractivity contribution >= 4 is 15.9 Å². The summed E-state index contributed by atoms with van der Waals surface area (Å²) in [6.07, 6.45) is 2.78. The van der Waals surface area contributed by atoms with Gasteiger partial charge in [-0.2, -0.15) is 0 Å². The Hall–Kier alpha value is 0.140. The highest BCUT2D eigenvalue weighted by Crippen LogP contribution is 2.24. The molecule has 3 heteroatoms. The van der Waals surface area contributed by atoms with Crippen molar-refractivity contribution in [1.82, 2.24) is 10.2 Å². The number of hydrogen-bond donors (Lipinski definition) is 1. The summed E-state index contributed by atoms with van der Waals surface area (Å²) in [6, 6.07) is 0.874. The van der Waals surface area contributed by atoms with E-state index in [2.05, 4.69) is 39.8 Å². The smallest absolute Gasteiger partial charge is 0.0266 e. The quantitative estimate of drug-likeness (QED) is 0.701. The molecule has 0 aromatic rings. The van der Waals surface area contributed by atoms with Gasteiger partial charge in [-0.25, -0.2) is 0 Å². The number of nitrogens with zero attached hydrogens (tertiary/aromatic N) is 1. The Kier molecular flexibility index (Phi) is 4.26. The van der Waals surface area contributed by atoms with Crippen LogP contribution in [0.2, 0.25) is 0 Å². The van der Waals surface area contributed by atoms with Crippen molar-refractivity contribution in [2.75, 3.05) is 26.7 Å². The second kappa shape index (κ2) is 5.00. The predicted octanol–water partition coefficient (Wildman–Crippen LogP) is 1.58. The van der Waals surface area contributed by atoms with E-state index in [1.165, 1.54) is 12.8 Å². The Morgan fingerprint density at radius 3 is 2.83 bits per heavy atom. The number of rotatable bonds is 6. The second-order valence-electron chi connectivity index (χ2n) is 3.41. The number of hydrogen-bond acceptors (Lipinski definition) is 2. The van der Waals surface area contributed by atoms with Crippen molar-refractivity contribution in [3.63, 3.8) is 0 Å². The fourth-order valence-electron chi connectivity index (χ4n) is 1.18. The molecule has 0 aromatic heterocycles. The SMILES string of the molecule is C=C(Br)CNCCN(C)C1CC1. The van der Waals surface area contributed by atoms with E-state index in [1.54, 1.807) is 0 Å². The normalized spacial score (nSPS) is 16.9. The molecule has 0 unspecified atom stereocenters. The lowest BCUT2D eigenvalue weighted by Gasteiger charge is -2.15. The standard InChI is InChI=1S/C9H17BrN2/c1-8(10)7-11-5-6-12(2)9-3-4-9/h9,11H,1,3-7H2,2H3. The Morgan fingerprint density at radius 1 is 1.67 bits per heavy atom. The first-order valence-electron chi connectivity index (χ1n) is 4.44. The maximum Gasteiger partial charge on any atom is 0.0266 e. The van der Waals surface area contributed by atoms with Gasteiger partial charge in [0.25, 0.3) is 0 Å². The molecule has 0 amide bonds. The van der Waals surface area contributed by atoms with Crippen molar-refractivity contribution in [3.8, 4) is 0 Å². The van der Waals surface area contributed by atoms with Crippen molar-refractivity contribution in [2.24, 2.45) is 0 Å². The van der Waals surface area contributed by atoms with Gasteiger partial charge in [-0.1, -0.05) is 22.5 Å². The first-order chi connectivity index (χ1) is 5.70. The largest absolute Gasteiger partial charge is 0.311 e. The molecule has 70 valence electrons. The van der Waals surface area contributed by atoms with Crippen molar-refractivity contribution in [3.05, 3.63) is 11.1 Å². The maximum absolute atomic E-state index is 3.76. The molecular formula is C9H17BrN2. The monoisotopic (exact) mass is 232 g/mol. The van der Waals surface area contributed by atoms with E-state index < -0.39 is 0 Å². The molecule has 1 saturated carbocycles. The minimum absolute atomic E-state index is 0.874. The van der Waals surface area contributed by atoms with Gasteiger partial charge in [0, 0.05) is 30.2 Å². The van der Waals surface area contributed by atoms with Crippen LogP contribution in [0.4, 0.5) is 0 Å². The number of nitrogens with one attached hydrogen (secondary N) is 1. The molecule has 1 fully saturated rings. The summed E-state index contributed by atoms with van der Waals surface area (Å²) in [7, 11) is 2.20. The van der Waals surface area contributed by atoms with Crippen molar-refractivity contribution in [1.29, 1.82) is 0 Å². The third-order valence-electron chi connectivity index (χ3n) is 2.13. The van der Waals surface area contributed by atoms with Gasteiger partial charge < -0.3 is 10.2 Å². The highest BCUT2D eigenvalue weighted by molar-refractivity contribution is 9.11. The fraction of sp³-hybridized carbons (Fsp3) is 0.778. The van der Waals surface area contributed by atoms with E-state index in [9.17, 15) is 0 Å². The van der Waals surface area contributed by atoms with E-state index in [-0.39, 0.29) is 0 Å². The topological polar surface area (TPSA) is 15.3 Å². The van der Waals surface area contributed by atoms with Crippen LogP contribution in [0, 0.1) is 0 Å². The zero-order valence-electron chi connectivity index (χ0n) is 7.65. The molecule has 0 radical (unpaired) electrons. The minimum Gasteiger partial charge on any atom is -0.311 e. The Labute approximate surface area is 83.1 Å². The first-order valence-corrected chi connectivity index (χ1v) is 5.23. The molecule has 0 heterocycles. The highest BCUT2D eigenvalue weighted by Gasteiger charge is 2.25. The lowest BCUT2D eigenvalue weighted by atomic mass is 10.5. The van der Waals surface area contributed by atoms with Crippen LogP contribution in [-0.4, -0.2) is 37.6 Å². The van der Waals surface area contributed by atoms with E-state index in [1.807, 2.05) is 0 Å². The fourth-order valence-corrected chi connectivity index (χ4v) is 1.38. The van der Waals surface area contributed by atoms with Crippen molar-refractivity contribution in [2.45, 2.75) is 18.9 Å². The van der Waals surface area contributed by atoms with Gasteiger partial charge in [0.15, 0.2) is 0 Å². The van der Waals surface area contributed by atoms with Gasteiger partial charge in [0.2, 0.25) is 0 Å². The maximum atomic E-state index is 3.76. The van der Waals surface area contributed by atoms with Crippen molar-refractivity contribution < 1.29 is 0 Å². The van der Waals surface area contributed by atoms with Crippen LogP contribution in [0.5, 0.6) is 0 Å². The van der Waals surface area contributed by atoms with Gasteiger partial charge in [-0.05, 0) is 19.9 Å². The minimum atomic E-state index is 0.874. The van der Waals surface area contributed by atoms with Gasteiger partial charge in [-0.3, -0.25) is 0 Å². The molecule has 0 aromatic carbocycles. The summed E-state index contributed by atoms with van der Waals surface area (Å²) < 4.78 is 1.02. The summed E-state index contributed by atoms with van der Waals surface area (Å²) in [5.74, 6) is 0. The predicted molar refractivity (Wildman–Crippen MR) is 56.6 cm³/mol. The summed E-state index contributed by atoms with van der Waals surface area (Å²) in [5, 5.41) is 3.31. The molecule has 12 heavy (non-hydrogen) atoms. The molecular weight excluding hydrogens is 216 g/mol. The highest BCUT2D eigenvalue weighted by atomic mass is 79.9. The molecule has 1 rings (SSSR count). The summed E-state index contributed by atoms with van der Waals surface area (Å²) >= 11 is 3.31. The lowest BCUT2D eigenvalue weighted by molar-refractivity contribution is 0.324. The van der Waals surface area contributed by atoms with Crippen LogP contribution < -0.4 is 5.32 Å². The average molecular weight is 233 g/mol. The first kappa shape index (κ1) is 10.2. The molecule has 1 N–H and O–H groups in total. The van der Waals surface area contributed by atoms with E-state index >= 15 is 0 Å². The third kappa shape index (κ3) is 4.24. The van der Waals surface area contributed by atoms with E-state index in [0.717, 1.165) is 30.2 Å². The van der Waals surface area contributed by atoms with E-state index in [0.29, 0.717) is 0 Å². The van der Waals surface area contributed by atoms with Crippen LogP contribution in [-0.2, 0) is 0 Å². The van der Waals surface area contributed by atoms with Gasteiger partial charge >= 0.3 is 0 Å². The van der Waals surface area contributed by atoms with Gasteiger partial charge in [0.05, 0.1) is 0 Å². The van der Waals surface area contributed by atoms with Crippen LogP contribution in [0.3, 0.4) is 0 Å². The molecule has 2 nitrogen and oxygen atoms in total. The molecule has 0 aliphatic heterocycles. The number of halogens is 1. The zero-order valence-corrected chi connectivity index (χ0v) is 9.23. The van der Waals surface area contributed by atoms with Crippen LogP contribution >= 0.6 is 15.9 Å². The Balaban J connectivity index is 1.90. The zero-order chi connectivity index (χ0) is 8.97. The average Bonchev–Trinajstić information content (AvgIpc) is 2.79. The number of likely N-dealkylation sites (N-methyl/N-ethyl adjacent to an activating group) is 1.